The highest BCUT2D eigenvalue weighted by molar-refractivity contribution is 7.99. The molecule has 1 N–H and O–H groups in total. The highest BCUT2D eigenvalue weighted by atomic mass is 32.2. The van der Waals surface area contributed by atoms with Crippen molar-refractivity contribution in [1.29, 1.82) is 0 Å². The number of hydrogen-bond acceptors (Lipinski definition) is 4. The number of rotatable bonds is 5. The van der Waals surface area contributed by atoms with Crippen LogP contribution in [-0.2, 0) is 0 Å². The second-order valence-corrected chi connectivity index (χ2v) is 7.93. The van der Waals surface area contributed by atoms with Crippen LogP contribution in [0, 0.1) is 5.82 Å². The first-order valence-electron chi connectivity index (χ1n) is 9.62. The zero-order chi connectivity index (χ0) is 21.4. The summed E-state index contributed by atoms with van der Waals surface area (Å²) in [5, 5.41) is 1.20. The lowest BCUT2D eigenvalue weighted by Crippen LogP contribution is -2.22. The van der Waals surface area contributed by atoms with Crippen molar-refractivity contribution in [3.05, 3.63) is 101 Å². The fraction of sp³-hybridized carbons (Fsp3) is 0.0417. The van der Waals surface area contributed by atoms with Crippen LogP contribution in [0.25, 0.3) is 27.6 Å². The quantitative estimate of drug-likeness (QED) is 0.243. The second-order valence-electron chi connectivity index (χ2n) is 6.98. The number of para-hydroxylation sites is 1. The van der Waals surface area contributed by atoms with Crippen LogP contribution in [0.1, 0.15) is 10.4 Å². The number of hydrogen-bond donors (Lipinski definition) is 1. The Bertz CT molecular complexity index is 1470. The summed E-state index contributed by atoms with van der Waals surface area (Å²) in [6.07, 6.45) is 0. The minimum absolute atomic E-state index is 0.0653. The summed E-state index contributed by atoms with van der Waals surface area (Å²) in [6.45, 7) is 0. The Morgan fingerprint density at radius 2 is 1.68 bits per heavy atom. The third-order valence-corrected chi connectivity index (χ3v) is 5.95. The molecule has 0 fully saturated rings. The van der Waals surface area contributed by atoms with Gasteiger partial charge in [-0.05, 0) is 30.3 Å². The van der Waals surface area contributed by atoms with Gasteiger partial charge in [0.15, 0.2) is 10.9 Å². The molecule has 0 bridgehead atoms. The van der Waals surface area contributed by atoms with Crippen LogP contribution in [0.5, 0.6) is 0 Å². The molecule has 152 valence electrons. The minimum Gasteiger partial charge on any atom is -0.349 e. The van der Waals surface area contributed by atoms with Gasteiger partial charge in [-0.3, -0.25) is 14.2 Å². The van der Waals surface area contributed by atoms with Crippen molar-refractivity contribution in [2.24, 2.45) is 0 Å². The van der Waals surface area contributed by atoms with Gasteiger partial charge in [0.2, 0.25) is 0 Å². The topological polar surface area (TPSA) is 67.8 Å². The number of nitrogens with one attached hydrogen (secondary N) is 1. The van der Waals surface area contributed by atoms with Crippen molar-refractivity contribution in [3.63, 3.8) is 0 Å². The fourth-order valence-electron chi connectivity index (χ4n) is 3.49. The zero-order valence-corrected chi connectivity index (χ0v) is 17.0. The number of H-pyrrole nitrogens is 1. The molecule has 0 aliphatic heterocycles. The summed E-state index contributed by atoms with van der Waals surface area (Å²) in [4.78, 5) is 33.9. The molecule has 0 spiro atoms. The molecule has 0 atom stereocenters. The number of aromatic nitrogens is 3. The second kappa shape index (κ2) is 7.85. The predicted molar refractivity (Wildman–Crippen MR) is 121 cm³/mol. The molecule has 0 saturated heterocycles. The van der Waals surface area contributed by atoms with Crippen LogP contribution in [0.2, 0.25) is 0 Å². The van der Waals surface area contributed by atoms with Crippen LogP contribution in [0.15, 0.2) is 88.8 Å². The van der Waals surface area contributed by atoms with Crippen molar-refractivity contribution in [2.45, 2.75) is 5.16 Å². The number of benzene rings is 3. The zero-order valence-electron chi connectivity index (χ0n) is 16.2. The van der Waals surface area contributed by atoms with Gasteiger partial charge in [-0.2, -0.15) is 0 Å². The van der Waals surface area contributed by atoms with Crippen molar-refractivity contribution in [2.75, 3.05) is 5.75 Å². The number of carbonyl (C=O) groups is 1. The molecular formula is C24H16FN3O2S. The van der Waals surface area contributed by atoms with Crippen molar-refractivity contribution in [3.8, 4) is 5.69 Å². The molecule has 0 aliphatic carbocycles. The van der Waals surface area contributed by atoms with Gasteiger partial charge in [-0.15, -0.1) is 0 Å². The largest absolute Gasteiger partial charge is 0.349 e. The lowest BCUT2D eigenvalue weighted by atomic mass is 10.2. The summed E-state index contributed by atoms with van der Waals surface area (Å²) in [5.41, 5.74) is 2.49. The number of fused-ring (bicyclic) bond motifs is 3. The van der Waals surface area contributed by atoms with Crippen LogP contribution in [0.4, 0.5) is 4.39 Å². The summed E-state index contributed by atoms with van der Waals surface area (Å²) < 4.78 is 14.9. The number of ketones is 1. The summed E-state index contributed by atoms with van der Waals surface area (Å²) in [6, 6.07) is 22.1. The van der Waals surface area contributed by atoms with E-state index < -0.39 is 5.82 Å². The van der Waals surface area contributed by atoms with E-state index in [2.05, 4.69) is 4.98 Å². The van der Waals surface area contributed by atoms with Gasteiger partial charge in [0.1, 0.15) is 16.9 Å². The van der Waals surface area contributed by atoms with Gasteiger partial charge in [0.25, 0.3) is 5.56 Å². The number of Topliss-reactive ketones (excluding diaryl/α,β-unsaturated/α-hetero) is 1. The molecule has 31 heavy (non-hydrogen) atoms. The summed E-state index contributed by atoms with van der Waals surface area (Å²) in [7, 11) is 0. The SMILES string of the molecule is O=C(CSc1nc2c([nH]c3ccccc32)c(=O)n1-c1ccc(F)cc1)c1ccccc1. The molecule has 5 rings (SSSR count). The van der Waals surface area contributed by atoms with E-state index >= 15 is 0 Å². The lowest BCUT2D eigenvalue weighted by molar-refractivity contribution is 0.102. The molecule has 2 aromatic heterocycles. The van der Waals surface area contributed by atoms with Gasteiger partial charge < -0.3 is 4.98 Å². The molecule has 5 aromatic rings. The Hall–Kier alpha value is -3.71. The van der Waals surface area contributed by atoms with Gasteiger partial charge in [0.05, 0.1) is 11.4 Å². The van der Waals surface area contributed by atoms with Crippen molar-refractivity contribution in [1.82, 2.24) is 14.5 Å². The summed E-state index contributed by atoms with van der Waals surface area (Å²) >= 11 is 1.18. The fourth-order valence-corrected chi connectivity index (χ4v) is 4.39. The van der Waals surface area contributed by atoms with E-state index in [9.17, 15) is 14.0 Å². The van der Waals surface area contributed by atoms with E-state index in [0.29, 0.717) is 27.4 Å². The van der Waals surface area contributed by atoms with Gasteiger partial charge in [0, 0.05) is 16.5 Å². The normalized spacial score (nSPS) is 11.3. The van der Waals surface area contributed by atoms with Crippen LogP contribution in [0.3, 0.4) is 0 Å². The van der Waals surface area contributed by atoms with E-state index in [-0.39, 0.29) is 17.1 Å². The minimum atomic E-state index is -0.398. The maximum absolute atomic E-state index is 13.5. The summed E-state index contributed by atoms with van der Waals surface area (Å²) in [5.74, 6) is -0.347. The van der Waals surface area contributed by atoms with Crippen molar-refractivity contribution >= 4 is 39.5 Å². The number of nitrogens with zero attached hydrogens (tertiary/aromatic N) is 2. The average Bonchev–Trinajstić information content (AvgIpc) is 3.18. The molecule has 3 aromatic carbocycles. The van der Waals surface area contributed by atoms with E-state index in [1.807, 2.05) is 42.5 Å². The monoisotopic (exact) mass is 429 g/mol. The van der Waals surface area contributed by atoms with Crippen molar-refractivity contribution < 1.29 is 9.18 Å². The molecular weight excluding hydrogens is 413 g/mol. The van der Waals surface area contributed by atoms with E-state index in [4.69, 9.17) is 4.98 Å². The Morgan fingerprint density at radius 1 is 0.968 bits per heavy atom. The number of aromatic amines is 1. The Balaban J connectivity index is 1.66. The van der Waals surface area contributed by atoms with Gasteiger partial charge in [-0.25, -0.2) is 9.37 Å². The highest BCUT2D eigenvalue weighted by Gasteiger charge is 2.18. The van der Waals surface area contributed by atoms with E-state index in [1.54, 1.807) is 12.1 Å². The van der Waals surface area contributed by atoms with Crippen LogP contribution >= 0.6 is 11.8 Å². The molecule has 0 saturated carbocycles. The lowest BCUT2D eigenvalue weighted by Gasteiger charge is -2.12. The number of thioether (sulfide) groups is 1. The smallest absolute Gasteiger partial charge is 0.283 e. The van der Waals surface area contributed by atoms with Gasteiger partial charge >= 0.3 is 0 Å². The molecule has 0 aliphatic rings. The Morgan fingerprint density at radius 3 is 2.45 bits per heavy atom. The standard InChI is InChI=1S/C24H16FN3O2S/c25-16-10-12-17(13-11-16)28-23(30)22-21(18-8-4-5-9-19(18)26-22)27-24(28)31-14-20(29)15-6-2-1-3-7-15/h1-13,26H,14H2. The van der Waals surface area contributed by atoms with E-state index in [0.717, 1.165) is 10.9 Å². The Kier molecular flexibility index (Phi) is 4.88. The first-order valence-corrected chi connectivity index (χ1v) is 10.6. The number of carbonyl (C=O) groups excluding carboxylic acids is 1. The third kappa shape index (κ3) is 3.53. The third-order valence-electron chi connectivity index (χ3n) is 5.01. The number of halogens is 1. The molecule has 7 heteroatoms. The van der Waals surface area contributed by atoms with Gasteiger partial charge in [-0.1, -0.05) is 60.3 Å². The first kappa shape index (κ1) is 19.3. The molecule has 5 nitrogen and oxygen atoms in total. The molecule has 0 unspecified atom stereocenters. The molecule has 0 radical (unpaired) electrons. The maximum Gasteiger partial charge on any atom is 0.283 e. The molecule has 2 heterocycles. The molecule has 0 amide bonds. The predicted octanol–water partition coefficient (Wildman–Crippen LogP) is 4.98. The highest BCUT2D eigenvalue weighted by Crippen LogP contribution is 2.26. The van der Waals surface area contributed by atoms with E-state index in [1.165, 1.54) is 40.6 Å². The first-order chi connectivity index (χ1) is 15.1. The van der Waals surface area contributed by atoms with Crippen LogP contribution in [-0.4, -0.2) is 26.1 Å². The maximum atomic E-state index is 13.5. The average molecular weight is 429 g/mol. The Labute approximate surface area is 180 Å². The van der Waals surface area contributed by atoms with Crippen LogP contribution < -0.4 is 5.56 Å².